The van der Waals surface area contributed by atoms with E-state index in [0.717, 1.165) is 9.87 Å². The fourth-order valence-electron chi connectivity index (χ4n) is 3.62. The molecular formula is C27H22Cl3N3O5S2. The fraction of sp³-hybridized carbons (Fsp3) is 0.0741. The van der Waals surface area contributed by atoms with E-state index in [-0.39, 0.29) is 41.9 Å². The zero-order valence-corrected chi connectivity index (χ0v) is 24.7. The average molecular weight is 639 g/mol. The molecule has 8 nitrogen and oxygen atoms in total. The summed E-state index contributed by atoms with van der Waals surface area (Å²) in [5.74, 6) is -0.698. The Morgan fingerprint density at radius 3 is 2.00 bits per heavy atom. The Labute approximate surface area is 247 Å². The average Bonchev–Trinajstić information content (AvgIpc) is 2.91. The standard InChI is InChI=1S/C27H22Cl3N3O5S2/c1-18-9-13-21(14-10-18)40(37,38)33(25-8-4-6-23(29)27(25)30)17-26(34)31-19-11-15-20(16-12-19)39(35,36)32-24-7-3-2-5-22(24)28/h2-16,32H,17H2,1H3,(H,31,34). The molecule has 0 bridgehead atoms. The van der Waals surface area contributed by atoms with Crippen molar-refractivity contribution in [1.82, 2.24) is 0 Å². The highest BCUT2D eigenvalue weighted by Crippen LogP contribution is 2.35. The summed E-state index contributed by atoms with van der Waals surface area (Å²) in [5.41, 5.74) is 1.34. The number of anilines is 3. The number of benzene rings is 4. The number of nitrogens with one attached hydrogen (secondary N) is 2. The van der Waals surface area contributed by atoms with E-state index in [1.807, 2.05) is 6.92 Å². The monoisotopic (exact) mass is 637 g/mol. The minimum atomic E-state index is -4.23. The number of amides is 1. The molecule has 0 aliphatic rings. The quantitative estimate of drug-likeness (QED) is 0.215. The molecule has 0 radical (unpaired) electrons. The van der Waals surface area contributed by atoms with Crippen LogP contribution in [0.25, 0.3) is 0 Å². The van der Waals surface area contributed by atoms with E-state index in [1.54, 1.807) is 30.3 Å². The molecule has 208 valence electrons. The highest BCUT2D eigenvalue weighted by atomic mass is 35.5. The second-order valence-electron chi connectivity index (χ2n) is 8.56. The summed E-state index contributed by atoms with van der Waals surface area (Å²) in [7, 11) is -8.19. The summed E-state index contributed by atoms with van der Waals surface area (Å²) < 4.78 is 56.0. The summed E-state index contributed by atoms with van der Waals surface area (Å²) in [6.07, 6.45) is 0. The zero-order chi connectivity index (χ0) is 29.1. The molecule has 0 saturated carbocycles. The largest absolute Gasteiger partial charge is 0.325 e. The number of nitrogens with zero attached hydrogens (tertiary/aromatic N) is 1. The Balaban J connectivity index is 1.57. The number of carbonyl (C=O) groups is 1. The molecule has 4 aromatic rings. The molecule has 0 atom stereocenters. The maximum Gasteiger partial charge on any atom is 0.264 e. The molecule has 0 aromatic heterocycles. The first-order valence-electron chi connectivity index (χ1n) is 11.6. The number of hydrogen-bond donors (Lipinski definition) is 2. The molecule has 2 N–H and O–H groups in total. The number of aryl methyl sites for hydroxylation is 1. The predicted octanol–water partition coefficient (Wildman–Crippen LogP) is 6.59. The van der Waals surface area contributed by atoms with E-state index < -0.39 is 32.5 Å². The van der Waals surface area contributed by atoms with Crippen LogP contribution in [0.2, 0.25) is 15.1 Å². The minimum absolute atomic E-state index is 0.0250. The smallest absolute Gasteiger partial charge is 0.264 e. The highest BCUT2D eigenvalue weighted by Gasteiger charge is 2.29. The Bertz CT molecular complexity index is 1760. The first kappa shape index (κ1) is 29.7. The number of carbonyl (C=O) groups excluding carboxylic acids is 1. The van der Waals surface area contributed by atoms with Crippen LogP contribution in [0, 0.1) is 6.92 Å². The maximum atomic E-state index is 13.6. The molecular weight excluding hydrogens is 617 g/mol. The molecule has 0 saturated heterocycles. The zero-order valence-electron chi connectivity index (χ0n) is 20.8. The van der Waals surface area contributed by atoms with Gasteiger partial charge < -0.3 is 5.32 Å². The van der Waals surface area contributed by atoms with Crippen LogP contribution in [-0.2, 0) is 24.8 Å². The van der Waals surface area contributed by atoms with Crippen molar-refractivity contribution in [1.29, 1.82) is 0 Å². The Morgan fingerprint density at radius 1 is 0.750 bits per heavy atom. The Kier molecular flexibility index (Phi) is 8.96. The molecule has 0 fully saturated rings. The molecule has 13 heteroatoms. The number of hydrogen-bond acceptors (Lipinski definition) is 5. The molecule has 0 spiro atoms. The Hall–Kier alpha value is -3.28. The van der Waals surface area contributed by atoms with E-state index in [4.69, 9.17) is 34.8 Å². The summed E-state index contributed by atoms with van der Waals surface area (Å²) >= 11 is 18.5. The van der Waals surface area contributed by atoms with Crippen LogP contribution >= 0.6 is 34.8 Å². The second kappa shape index (κ2) is 12.1. The van der Waals surface area contributed by atoms with Crippen molar-refractivity contribution >= 4 is 77.8 Å². The summed E-state index contributed by atoms with van der Waals surface area (Å²) in [4.78, 5) is 12.9. The number of para-hydroxylation sites is 1. The highest BCUT2D eigenvalue weighted by molar-refractivity contribution is 7.93. The van der Waals surface area contributed by atoms with E-state index >= 15 is 0 Å². The lowest BCUT2D eigenvalue weighted by Crippen LogP contribution is -2.38. The van der Waals surface area contributed by atoms with Crippen LogP contribution in [-0.4, -0.2) is 29.3 Å². The van der Waals surface area contributed by atoms with E-state index in [2.05, 4.69) is 10.0 Å². The lowest BCUT2D eigenvalue weighted by atomic mass is 10.2. The van der Waals surface area contributed by atoms with Gasteiger partial charge in [0.25, 0.3) is 20.0 Å². The first-order valence-corrected chi connectivity index (χ1v) is 15.6. The molecule has 0 heterocycles. The van der Waals surface area contributed by atoms with Gasteiger partial charge >= 0.3 is 0 Å². The van der Waals surface area contributed by atoms with Crippen molar-refractivity contribution in [2.75, 3.05) is 20.9 Å². The van der Waals surface area contributed by atoms with Crippen LogP contribution in [0.3, 0.4) is 0 Å². The van der Waals surface area contributed by atoms with Crippen molar-refractivity contribution in [3.05, 3.63) is 112 Å². The molecule has 4 rings (SSSR count). The van der Waals surface area contributed by atoms with Crippen molar-refractivity contribution in [2.24, 2.45) is 0 Å². The van der Waals surface area contributed by atoms with Gasteiger partial charge in [0.05, 0.1) is 36.2 Å². The van der Waals surface area contributed by atoms with Crippen molar-refractivity contribution in [3.8, 4) is 0 Å². The molecule has 0 aliphatic heterocycles. The van der Waals surface area contributed by atoms with Gasteiger partial charge in [-0.15, -0.1) is 0 Å². The third-order valence-electron chi connectivity index (χ3n) is 5.66. The Morgan fingerprint density at radius 2 is 1.35 bits per heavy atom. The summed E-state index contributed by atoms with van der Waals surface area (Å²) in [6.45, 7) is 1.18. The molecule has 40 heavy (non-hydrogen) atoms. The summed E-state index contributed by atoms with van der Waals surface area (Å²) in [6, 6.07) is 22.4. The lowest BCUT2D eigenvalue weighted by Gasteiger charge is -2.25. The predicted molar refractivity (Wildman–Crippen MR) is 160 cm³/mol. The summed E-state index contributed by atoms with van der Waals surface area (Å²) in [5, 5.41) is 2.91. The minimum Gasteiger partial charge on any atom is -0.325 e. The van der Waals surface area contributed by atoms with Gasteiger partial charge in [-0.1, -0.05) is 70.7 Å². The van der Waals surface area contributed by atoms with Gasteiger partial charge in [-0.3, -0.25) is 13.8 Å². The van der Waals surface area contributed by atoms with Crippen LogP contribution < -0.4 is 14.3 Å². The maximum absolute atomic E-state index is 13.6. The first-order chi connectivity index (χ1) is 18.9. The van der Waals surface area contributed by atoms with Crippen LogP contribution in [0.15, 0.2) is 101 Å². The molecule has 4 aromatic carbocycles. The van der Waals surface area contributed by atoms with Gasteiger partial charge in [-0.2, -0.15) is 0 Å². The van der Waals surface area contributed by atoms with E-state index in [9.17, 15) is 21.6 Å². The molecule has 0 aliphatic carbocycles. The lowest BCUT2D eigenvalue weighted by molar-refractivity contribution is -0.114. The van der Waals surface area contributed by atoms with E-state index in [1.165, 1.54) is 60.7 Å². The molecule has 1 amide bonds. The SMILES string of the molecule is Cc1ccc(S(=O)(=O)N(CC(=O)Nc2ccc(S(=O)(=O)Nc3ccccc3Cl)cc2)c2cccc(Cl)c2Cl)cc1. The van der Waals surface area contributed by atoms with Gasteiger partial charge in [0.2, 0.25) is 5.91 Å². The van der Waals surface area contributed by atoms with Gasteiger partial charge in [-0.05, 0) is 67.6 Å². The van der Waals surface area contributed by atoms with Crippen molar-refractivity contribution in [2.45, 2.75) is 16.7 Å². The van der Waals surface area contributed by atoms with Crippen molar-refractivity contribution < 1.29 is 21.6 Å². The third kappa shape index (κ3) is 6.71. The van der Waals surface area contributed by atoms with Gasteiger partial charge in [0.15, 0.2) is 0 Å². The van der Waals surface area contributed by atoms with E-state index in [0.29, 0.717) is 0 Å². The normalized spacial score (nSPS) is 11.6. The van der Waals surface area contributed by atoms with Gasteiger partial charge in [0, 0.05) is 5.69 Å². The van der Waals surface area contributed by atoms with Crippen LogP contribution in [0.1, 0.15) is 5.56 Å². The van der Waals surface area contributed by atoms with Crippen LogP contribution in [0.4, 0.5) is 17.1 Å². The third-order valence-corrected chi connectivity index (χ3v) is 9.96. The fourth-order valence-corrected chi connectivity index (χ4v) is 6.82. The molecule has 0 unspecified atom stereocenters. The number of sulfonamides is 2. The van der Waals surface area contributed by atoms with Crippen molar-refractivity contribution in [3.63, 3.8) is 0 Å². The second-order valence-corrected chi connectivity index (χ2v) is 13.3. The van der Waals surface area contributed by atoms with Gasteiger partial charge in [0.1, 0.15) is 6.54 Å². The number of halogens is 3. The van der Waals surface area contributed by atoms with Crippen LogP contribution in [0.5, 0.6) is 0 Å². The topological polar surface area (TPSA) is 113 Å². The van der Waals surface area contributed by atoms with Gasteiger partial charge in [-0.25, -0.2) is 16.8 Å². The number of rotatable bonds is 9.